The molecule has 8 heteroatoms. The molecule has 0 spiro atoms. The van der Waals surface area contributed by atoms with Crippen LogP contribution in [0.2, 0.25) is 0 Å². The van der Waals surface area contributed by atoms with Crippen molar-refractivity contribution in [2.45, 2.75) is 13.0 Å². The van der Waals surface area contributed by atoms with E-state index in [0.717, 1.165) is 22.0 Å². The molecule has 0 unspecified atom stereocenters. The van der Waals surface area contributed by atoms with Crippen LogP contribution in [0.1, 0.15) is 16.8 Å². The summed E-state index contributed by atoms with van der Waals surface area (Å²) in [6, 6.07) is 5.75. The van der Waals surface area contributed by atoms with Crippen molar-refractivity contribution >= 4 is 27.8 Å². The lowest BCUT2D eigenvalue weighted by Crippen LogP contribution is -2.40. The third-order valence-electron chi connectivity index (χ3n) is 5.73. The van der Waals surface area contributed by atoms with Crippen LogP contribution in [0.5, 0.6) is 0 Å². The second-order valence-corrected chi connectivity index (χ2v) is 7.61. The summed E-state index contributed by atoms with van der Waals surface area (Å²) in [5, 5.41) is 0.823. The van der Waals surface area contributed by atoms with E-state index in [0.29, 0.717) is 55.9 Å². The van der Waals surface area contributed by atoms with Crippen LogP contribution in [-0.2, 0) is 11.3 Å². The van der Waals surface area contributed by atoms with Crippen molar-refractivity contribution in [1.29, 1.82) is 0 Å². The predicted molar refractivity (Wildman–Crippen MR) is 119 cm³/mol. The maximum atomic E-state index is 13.3. The highest BCUT2D eigenvalue weighted by molar-refractivity contribution is 6.08. The fourth-order valence-corrected chi connectivity index (χ4v) is 4.13. The number of aryl methyl sites for hydroxylation is 1. The van der Waals surface area contributed by atoms with Crippen LogP contribution in [0.3, 0.4) is 0 Å². The molecule has 0 aliphatic carbocycles. The minimum absolute atomic E-state index is 0.0625. The monoisotopic (exact) mass is 417 g/mol. The molecule has 0 bridgehead atoms. The smallest absolute Gasteiger partial charge is 0.274 e. The van der Waals surface area contributed by atoms with Gasteiger partial charge in [0.25, 0.3) is 11.5 Å². The number of H-pyrrole nitrogens is 2. The molecule has 2 N–H and O–H groups in total. The number of fused-ring (bicyclic) bond motifs is 2. The number of hydrogen-bond acceptors (Lipinski definition) is 4. The van der Waals surface area contributed by atoms with Crippen LogP contribution < -0.4 is 5.56 Å². The van der Waals surface area contributed by atoms with Crippen molar-refractivity contribution < 1.29 is 9.53 Å². The number of carbonyl (C=O) groups excluding carboxylic acids is 1. The molecule has 1 aliphatic rings. The van der Waals surface area contributed by atoms with Gasteiger partial charge in [-0.1, -0.05) is 6.08 Å². The van der Waals surface area contributed by atoms with E-state index in [1.807, 2.05) is 24.4 Å². The van der Waals surface area contributed by atoms with E-state index in [1.54, 1.807) is 28.1 Å². The summed E-state index contributed by atoms with van der Waals surface area (Å²) in [5.74, 6) is -0.0625. The summed E-state index contributed by atoms with van der Waals surface area (Å²) in [5.41, 5.74) is 4.18. The van der Waals surface area contributed by atoms with Gasteiger partial charge in [-0.05, 0) is 30.2 Å². The summed E-state index contributed by atoms with van der Waals surface area (Å²) < 4.78 is 7.08. The summed E-state index contributed by atoms with van der Waals surface area (Å²) in [7, 11) is 0. The van der Waals surface area contributed by atoms with Gasteiger partial charge in [0.2, 0.25) is 0 Å². The number of amides is 1. The lowest BCUT2D eigenvalue weighted by atomic mass is 9.99. The number of allylic oxidation sites excluding steroid dienone is 1. The Labute approximate surface area is 178 Å². The normalized spacial score (nSPS) is 14.4. The van der Waals surface area contributed by atoms with Gasteiger partial charge in [0.05, 0.1) is 30.6 Å². The first-order valence-electron chi connectivity index (χ1n) is 10.3. The second-order valence-electron chi connectivity index (χ2n) is 7.61. The van der Waals surface area contributed by atoms with Gasteiger partial charge in [-0.25, -0.2) is 4.98 Å². The Morgan fingerprint density at radius 1 is 1.26 bits per heavy atom. The lowest BCUT2D eigenvalue weighted by Gasteiger charge is -2.27. The molecule has 1 aromatic carbocycles. The van der Waals surface area contributed by atoms with Crippen LogP contribution in [0, 0.1) is 0 Å². The van der Waals surface area contributed by atoms with Crippen LogP contribution in [0.4, 0.5) is 0 Å². The SMILES string of the molecule is C=CCCn1cc(-c2cc(C(=O)N3CCOCC3)c3nc[nH]c3c2)c2cc[nH]c2c1=O. The molecule has 4 aromatic rings. The highest BCUT2D eigenvalue weighted by Crippen LogP contribution is 2.31. The molecule has 1 amide bonds. The van der Waals surface area contributed by atoms with E-state index in [-0.39, 0.29) is 11.5 Å². The minimum Gasteiger partial charge on any atom is -0.378 e. The average molecular weight is 417 g/mol. The molecule has 31 heavy (non-hydrogen) atoms. The fourth-order valence-electron chi connectivity index (χ4n) is 4.13. The van der Waals surface area contributed by atoms with Gasteiger partial charge in [0.1, 0.15) is 11.0 Å². The summed E-state index contributed by atoms with van der Waals surface area (Å²) in [6.07, 6.45) is 7.71. The van der Waals surface area contributed by atoms with Gasteiger partial charge in [0, 0.05) is 43.0 Å². The second kappa shape index (κ2) is 7.88. The Kier molecular flexibility index (Phi) is 4.91. The van der Waals surface area contributed by atoms with Gasteiger partial charge < -0.3 is 24.2 Å². The quantitative estimate of drug-likeness (QED) is 0.488. The number of carbonyl (C=O) groups is 1. The fraction of sp³-hybridized carbons (Fsp3) is 0.261. The molecule has 1 aliphatic heterocycles. The predicted octanol–water partition coefficient (Wildman–Crippen LogP) is 2.92. The topological polar surface area (TPSA) is 96.0 Å². The minimum atomic E-state index is -0.0714. The molecule has 0 atom stereocenters. The molecule has 0 radical (unpaired) electrons. The van der Waals surface area contributed by atoms with Crippen molar-refractivity contribution in [3.05, 3.63) is 65.5 Å². The van der Waals surface area contributed by atoms with Crippen LogP contribution in [0.25, 0.3) is 33.1 Å². The highest BCUT2D eigenvalue weighted by Gasteiger charge is 2.23. The molecular weight excluding hydrogens is 394 g/mol. The number of nitrogens with one attached hydrogen (secondary N) is 2. The Hall–Kier alpha value is -3.65. The van der Waals surface area contributed by atoms with E-state index >= 15 is 0 Å². The van der Waals surface area contributed by atoms with E-state index < -0.39 is 0 Å². The zero-order valence-electron chi connectivity index (χ0n) is 17.1. The summed E-state index contributed by atoms with van der Waals surface area (Å²) in [4.78, 5) is 38.5. The van der Waals surface area contributed by atoms with Crippen LogP contribution in [-0.4, -0.2) is 56.6 Å². The molecule has 4 heterocycles. The number of rotatable bonds is 5. The highest BCUT2D eigenvalue weighted by atomic mass is 16.5. The van der Waals surface area contributed by atoms with Crippen molar-refractivity contribution in [2.24, 2.45) is 0 Å². The largest absolute Gasteiger partial charge is 0.378 e. The molecule has 8 nitrogen and oxygen atoms in total. The van der Waals surface area contributed by atoms with E-state index in [1.165, 1.54) is 0 Å². The summed E-state index contributed by atoms with van der Waals surface area (Å²) in [6.45, 7) is 6.48. The van der Waals surface area contributed by atoms with Gasteiger partial charge in [0.15, 0.2) is 0 Å². The number of aromatic amines is 2. The zero-order valence-corrected chi connectivity index (χ0v) is 17.1. The number of imidazole rings is 1. The molecule has 5 rings (SSSR count). The van der Waals surface area contributed by atoms with Crippen molar-refractivity contribution in [3.63, 3.8) is 0 Å². The lowest BCUT2D eigenvalue weighted by molar-refractivity contribution is 0.0304. The van der Waals surface area contributed by atoms with Crippen molar-refractivity contribution in [1.82, 2.24) is 24.4 Å². The standard InChI is InChI=1S/C23H23N5O3/c1-2-3-6-28-13-18(16-4-5-24-21(16)23(28)30)15-11-17(20-19(12-15)25-14-26-20)22(29)27-7-9-31-10-8-27/h2,4-5,11-14,24H,1,3,6-10H2,(H,25,26). The van der Waals surface area contributed by atoms with E-state index in [9.17, 15) is 9.59 Å². The van der Waals surface area contributed by atoms with Crippen LogP contribution >= 0.6 is 0 Å². The molecule has 3 aromatic heterocycles. The van der Waals surface area contributed by atoms with Gasteiger partial charge in [-0.3, -0.25) is 9.59 Å². The molecule has 1 saturated heterocycles. The average Bonchev–Trinajstić information content (AvgIpc) is 3.48. The molecule has 158 valence electrons. The van der Waals surface area contributed by atoms with E-state index in [4.69, 9.17) is 4.74 Å². The number of aromatic nitrogens is 4. The third-order valence-corrected chi connectivity index (χ3v) is 5.73. The number of nitrogens with zero attached hydrogens (tertiary/aromatic N) is 3. The summed E-state index contributed by atoms with van der Waals surface area (Å²) >= 11 is 0. The maximum Gasteiger partial charge on any atom is 0.274 e. The molecule has 1 fully saturated rings. The molecule has 0 saturated carbocycles. The Morgan fingerprint density at radius 3 is 2.90 bits per heavy atom. The third kappa shape index (κ3) is 3.34. The number of benzene rings is 1. The first kappa shape index (κ1) is 19.3. The number of morpholine rings is 1. The number of pyridine rings is 1. The first-order chi connectivity index (χ1) is 15.2. The Morgan fingerprint density at radius 2 is 2.10 bits per heavy atom. The van der Waals surface area contributed by atoms with E-state index in [2.05, 4.69) is 21.5 Å². The first-order valence-corrected chi connectivity index (χ1v) is 10.3. The van der Waals surface area contributed by atoms with Crippen molar-refractivity contribution in [3.8, 4) is 11.1 Å². The van der Waals surface area contributed by atoms with Gasteiger partial charge in [-0.15, -0.1) is 6.58 Å². The maximum absolute atomic E-state index is 13.3. The Bertz CT molecular complexity index is 1340. The van der Waals surface area contributed by atoms with Crippen LogP contribution in [0.15, 0.2) is 54.4 Å². The number of ether oxygens (including phenoxy) is 1. The number of hydrogen-bond donors (Lipinski definition) is 2. The molecular formula is C23H23N5O3. The van der Waals surface area contributed by atoms with Gasteiger partial charge >= 0.3 is 0 Å². The van der Waals surface area contributed by atoms with Gasteiger partial charge in [-0.2, -0.15) is 0 Å². The zero-order chi connectivity index (χ0) is 21.4. The van der Waals surface area contributed by atoms with Crippen molar-refractivity contribution in [2.75, 3.05) is 26.3 Å². The Balaban J connectivity index is 1.69.